The number of nitrogens with zero attached hydrogens (tertiary/aromatic N) is 3. The van der Waals surface area contributed by atoms with Crippen molar-refractivity contribution in [3.63, 3.8) is 0 Å². The van der Waals surface area contributed by atoms with E-state index in [0.717, 1.165) is 25.7 Å². The van der Waals surface area contributed by atoms with E-state index >= 15 is 0 Å². The van der Waals surface area contributed by atoms with Gasteiger partial charge in [0, 0.05) is 17.5 Å². The lowest BCUT2D eigenvalue weighted by Crippen LogP contribution is -2.49. The second kappa shape index (κ2) is 8.54. The number of carbonyl (C=O) groups excluding carboxylic acids is 3. The van der Waals surface area contributed by atoms with Crippen LogP contribution in [0.3, 0.4) is 0 Å². The van der Waals surface area contributed by atoms with Crippen LogP contribution in [0, 0.1) is 5.41 Å². The van der Waals surface area contributed by atoms with Crippen LogP contribution < -0.4 is 11.1 Å². The summed E-state index contributed by atoms with van der Waals surface area (Å²) < 4.78 is 1.48. The first-order valence-corrected chi connectivity index (χ1v) is 11.2. The van der Waals surface area contributed by atoms with Gasteiger partial charge < -0.3 is 21.1 Å². The molecule has 2 aliphatic rings. The van der Waals surface area contributed by atoms with E-state index in [4.69, 9.17) is 5.73 Å². The summed E-state index contributed by atoms with van der Waals surface area (Å²) >= 11 is 0. The van der Waals surface area contributed by atoms with E-state index in [9.17, 15) is 19.5 Å². The quantitative estimate of drug-likeness (QED) is 0.594. The smallest absolute Gasteiger partial charge is 0.269 e. The van der Waals surface area contributed by atoms with Gasteiger partial charge in [-0.1, -0.05) is 32.0 Å². The minimum absolute atomic E-state index is 0.0294. The van der Waals surface area contributed by atoms with E-state index in [1.54, 1.807) is 23.1 Å². The Hall–Kier alpha value is -2.94. The molecule has 172 valence electrons. The normalized spacial score (nSPS) is 22.5. The predicted octanol–water partition coefficient (Wildman–Crippen LogP) is 1.18. The summed E-state index contributed by atoms with van der Waals surface area (Å²) in [4.78, 5) is 39.2. The van der Waals surface area contributed by atoms with Crippen LogP contribution in [0.1, 0.15) is 56.4 Å². The molecule has 1 aromatic heterocycles. The van der Waals surface area contributed by atoms with Crippen LogP contribution >= 0.6 is 0 Å². The van der Waals surface area contributed by atoms with Gasteiger partial charge in [-0.3, -0.25) is 19.1 Å². The first-order valence-electron chi connectivity index (χ1n) is 11.2. The molecule has 2 aromatic rings. The maximum atomic E-state index is 13.1. The molecule has 9 nitrogen and oxygen atoms in total. The number of fused-ring (bicyclic) bond motifs is 1. The topological polar surface area (TPSA) is 131 Å². The van der Waals surface area contributed by atoms with Crippen molar-refractivity contribution in [2.45, 2.75) is 70.7 Å². The number of rotatable bonds is 7. The van der Waals surface area contributed by atoms with Gasteiger partial charge in [0.2, 0.25) is 11.8 Å². The zero-order chi connectivity index (χ0) is 23.0. The Kier molecular flexibility index (Phi) is 5.94. The Morgan fingerprint density at radius 3 is 2.62 bits per heavy atom. The van der Waals surface area contributed by atoms with Crippen molar-refractivity contribution in [3.05, 3.63) is 30.0 Å². The molecule has 0 radical (unpaired) electrons. The lowest BCUT2D eigenvalue weighted by Gasteiger charge is -2.38. The van der Waals surface area contributed by atoms with Gasteiger partial charge in [-0.2, -0.15) is 5.10 Å². The van der Waals surface area contributed by atoms with Crippen LogP contribution in [0.2, 0.25) is 0 Å². The number of hydrogen-bond acceptors (Lipinski definition) is 5. The highest BCUT2D eigenvalue weighted by atomic mass is 16.3. The Morgan fingerprint density at radius 1 is 1.25 bits per heavy atom. The number of aromatic nitrogens is 2. The largest absolute Gasteiger partial charge is 0.393 e. The Balaban J connectivity index is 1.45. The number of aliphatic hydroxyl groups is 1. The molecule has 0 spiro atoms. The molecule has 0 aliphatic heterocycles. The maximum absolute atomic E-state index is 13.1. The van der Waals surface area contributed by atoms with Crippen LogP contribution in [0.4, 0.5) is 0 Å². The number of para-hydroxylation sites is 1. The number of benzene rings is 1. The summed E-state index contributed by atoms with van der Waals surface area (Å²) in [5.41, 5.74) is 6.18. The highest BCUT2D eigenvalue weighted by molar-refractivity contribution is 6.04. The average molecular weight is 442 g/mol. The van der Waals surface area contributed by atoms with Gasteiger partial charge >= 0.3 is 0 Å². The van der Waals surface area contributed by atoms with Gasteiger partial charge in [0.1, 0.15) is 6.54 Å². The lowest BCUT2D eigenvalue weighted by molar-refractivity contribution is -0.137. The number of hydrogen-bond donors (Lipinski definition) is 3. The fourth-order valence-electron chi connectivity index (χ4n) is 4.88. The molecule has 32 heavy (non-hydrogen) atoms. The molecule has 9 heteroatoms. The minimum atomic E-state index is -0.650. The van der Waals surface area contributed by atoms with Gasteiger partial charge in [0.15, 0.2) is 5.69 Å². The van der Waals surface area contributed by atoms with Crippen molar-refractivity contribution >= 4 is 28.6 Å². The maximum Gasteiger partial charge on any atom is 0.269 e. The highest BCUT2D eigenvalue weighted by Gasteiger charge is 2.37. The van der Waals surface area contributed by atoms with E-state index in [1.165, 1.54) is 4.68 Å². The molecule has 3 amide bonds. The summed E-state index contributed by atoms with van der Waals surface area (Å²) in [5.74, 6) is -1.09. The molecular formula is C23H31N5O4. The number of aliphatic hydroxyl groups excluding tert-OH is 1. The lowest BCUT2D eigenvalue weighted by atomic mass is 9.74. The molecule has 2 atom stereocenters. The molecule has 4 rings (SSSR count). The third kappa shape index (κ3) is 4.93. The number of nitrogens with one attached hydrogen (secondary N) is 1. The molecule has 4 N–H and O–H groups in total. The van der Waals surface area contributed by atoms with Gasteiger partial charge in [-0.15, -0.1) is 0 Å². The van der Waals surface area contributed by atoms with E-state index in [-0.39, 0.29) is 48.1 Å². The third-order valence-corrected chi connectivity index (χ3v) is 6.31. The monoisotopic (exact) mass is 441 g/mol. The zero-order valence-corrected chi connectivity index (χ0v) is 18.6. The number of nitrogens with two attached hydrogens (primary N) is 1. The van der Waals surface area contributed by atoms with Crippen molar-refractivity contribution in [1.82, 2.24) is 20.0 Å². The van der Waals surface area contributed by atoms with Crippen molar-refractivity contribution < 1.29 is 19.5 Å². The van der Waals surface area contributed by atoms with E-state index < -0.39 is 12.0 Å². The fraction of sp³-hybridized carbons (Fsp3) is 0.565. The summed E-state index contributed by atoms with van der Waals surface area (Å²) in [6, 6.07) is 7.06. The van der Waals surface area contributed by atoms with E-state index in [1.807, 2.05) is 6.07 Å². The first kappa shape index (κ1) is 22.3. The van der Waals surface area contributed by atoms with Crippen molar-refractivity contribution in [2.24, 2.45) is 11.1 Å². The van der Waals surface area contributed by atoms with Gasteiger partial charge in [0.05, 0.1) is 18.2 Å². The first-order chi connectivity index (χ1) is 15.1. The number of primary amides is 1. The minimum Gasteiger partial charge on any atom is -0.393 e. The number of carbonyl (C=O) groups is 3. The van der Waals surface area contributed by atoms with Crippen molar-refractivity contribution in [3.8, 4) is 0 Å². The predicted molar refractivity (Wildman–Crippen MR) is 119 cm³/mol. The summed E-state index contributed by atoms with van der Waals surface area (Å²) in [5, 5.41) is 18.0. The van der Waals surface area contributed by atoms with Crippen molar-refractivity contribution in [1.29, 1.82) is 0 Å². The van der Waals surface area contributed by atoms with Crippen molar-refractivity contribution in [2.75, 3.05) is 6.54 Å². The SMILES string of the molecule is CC1(C)CC(O)CC(NC(=O)CN(C(=O)Cn2nc(C(N)=O)c3ccccc32)C2CC2)C1. The van der Waals surface area contributed by atoms with Crippen LogP contribution in [-0.2, 0) is 16.1 Å². The molecular weight excluding hydrogens is 410 g/mol. The van der Waals surface area contributed by atoms with Gasteiger partial charge in [-0.05, 0) is 43.6 Å². The molecule has 2 unspecified atom stereocenters. The Bertz CT molecular complexity index is 1040. The molecule has 2 fully saturated rings. The summed E-state index contributed by atoms with van der Waals surface area (Å²) in [6.07, 6.45) is 3.33. The Morgan fingerprint density at radius 2 is 1.97 bits per heavy atom. The van der Waals surface area contributed by atoms with Gasteiger partial charge in [0.25, 0.3) is 5.91 Å². The molecule has 2 saturated carbocycles. The zero-order valence-electron chi connectivity index (χ0n) is 18.6. The van der Waals surface area contributed by atoms with Crippen LogP contribution in [-0.4, -0.2) is 62.2 Å². The second-order valence-electron chi connectivity index (χ2n) is 9.87. The Labute approximate surface area is 186 Å². The molecule has 0 saturated heterocycles. The number of amides is 3. The molecule has 2 aliphatic carbocycles. The molecule has 1 aromatic carbocycles. The van der Waals surface area contributed by atoms with E-state index in [0.29, 0.717) is 17.3 Å². The second-order valence-corrected chi connectivity index (χ2v) is 9.87. The summed E-state index contributed by atoms with van der Waals surface area (Å²) in [7, 11) is 0. The fourth-order valence-corrected chi connectivity index (χ4v) is 4.88. The molecule has 1 heterocycles. The van der Waals surface area contributed by atoms with Crippen LogP contribution in [0.5, 0.6) is 0 Å². The summed E-state index contributed by atoms with van der Waals surface area (Å²) in [6.45, 7) is 4.07. The standard InChI is InChI=1S/C23H31N5O4/c1-23(2)10-14(9-16(29)11-23)25-19(30)12-27(15-7-8-15)20(31)13-28-18-6-4-3-5-17(18)21(26-28)22(24)32/h3-6,14-16,29H,7-13H2,1-2H3,(H2,24,32)(H,25,30). The van der Waals surface area contributed by atoms with Crippen LogP contribution in [0.25, 0.3) is 10.9 Å². The van der Waals surface area contributed by atoms with Crippen LogP contribution in [0.15, 0.2) is 24.3 Å². The highest BCUT2D eigenvalue weighted by Crippen LogP contribution is 2.35. The third-order valence-electron chi connectivity index (χ3n) is 6.31. The van der Waals surface area contributed by atoms with Gasteiger partial charge in [-0.25, -0.2) is 0 Å². The molecule has 0 bridgehead atoms. The average Bonchev–Trinajstić information content (AvgIpc) is 3.46. The van der Waals surface area contributed by atoms with E-state index in [2.05, 4.69) is 24.3 Å².